The lowest BCUT2D eigenvalue weighted by Gasteiger charge is -2.25. The van der Waals surface area contributed by atoms with E-state index >= 15 is 0 Å². The van der Waals surface area contributed by atoms with Crippen LogP contribution in [0.2, 0.25) is 0 Å². The molecule has 3 aromatic rings. The lowest BCUT2D eigenvalue weighted by molar-refractivity contribution is -0.132. The number of carbonyl (C=O) groups is 2. The van der Waals surface area contributed by atoms with E-state index < -0.39 is 17.7 Å². The Morgan fingerprint density at radius 2 is 1.85 bits per heavy atom. The van der Waals surface area contributed by atoms with Crippen molar-refractivity contribution in [3.8, 4) is 5.75 Å². The topological polar surface area (TPSA) is 80.0 Å². The summed E-state index contributed by atoms with van der Waals surface area (Å²) in [6.07, 6.45) is 1.49. The molecule has 0 radical (unpaired) electrons. The van der Waals surface area contributed by atoms with Gasteiger partial charge in [-0.1, -0.05) is 31.5 Å². The molecule has 0 saturated carbocycles. The zero-order valence-electron chi connectivity index (χ0n) is 19.4. The molecule has 2 heterocycles. The molecule has 0 aliphatic carbocycles. The van der Waals surface area contributed by atoms with Gasteiger partial charge < -0.3 is 14.3 Å². The van der Waals surface area contributed by atoms with Gasteiger partial charge in [-0.05, 0) is 67.3 Å². The van der Waals surface area contributed by atoms with Crippen LogP contribution in [0.5, 0.6) is 5.75 Å². The second-order valence-electron chi connectivity index (χ2n) is 8.59. The fourth-order valence-corrected chi connectivity index (χ4v) is 4.36. The number of furan rings is 1. The summed E-state index contributed by atoms with van der Waals surface area (Å²) in [4.78, 5) is 27.9. The van der Waals surface area contributed by atoms with Gasteiger partial charge in [0.2, 0.25) is 0 Å². The number of ether oxygens (including phenoxy) is 1. The molecule has 0 bridgehead atoms. The molecule has 1 N–H and O–H groups in total. The van der Waals surface area contributed by atoms with Crippen molar-refractivity contribution in [3.63, 3.8) is 0 Å². The van der Waals surface area contributed by atoms with E-state index in [9.17, 15) is 14.7 Å². The minimum Gasteiger partial charge on any atom is -0.507 e. The summed E-state index contributed by atoms with van der Waals surface area (Å²) in [5.41, 5.74) is 3.81. The number of nitrogens with zero attached hydrogens (tertiary/aromatic N) is 1. The number of aliphatic hydroxyl groups is 1. The quantitative estimate of drug-likeness (QED) is 0.312. The van der Waals surface area contributed by atoms with Crippen molar-refractivity contribution in [2.75, 3.05) is 12.0 Å². The third-order valence-corrected chi connectivity index (χ3v) is 5.99. The first-order chi connectivity index (χ1) is 15.7. The molecule has 33 heavy (non-hydrogen) atoms. The van der Waals surface area contributed by atoms with Crippen LogP contribution in [-0.2, 0) is 9.59 Å². The van der Waals surface area contributed by atoms with Crippen molar-refractivity contribution < 1.29 is 23.8 Å². The Balaban J connectivity index is 1.93. The van der Waals surface area contributed by atoms with Gasteiger partial charge >= 0.3 is 0 Å². The van der Waals surface area contributed by atoms with Gasteiger partial charge in [-0.2, -0.15) is 0 Å². The van der Waals surface area contributed by atoms with Gasteiger partial charge in [0.25, 0.3) is 11.7 Å². The van der Waals surface area contributed by atoms with Crippen molar-refractivity contribution >= 4 is 23.1 Å². The number of aryl methyl sites for hydroxylation is 2. The SMILES string of the molecule is COc1ccc(/C(O)=C2/C(=O)C(=O)N(c3ccc(C)cc3C)C2c2ccco2)cc1C(C)C. The zero-order chi connectivity index (χ0) is 23.9. The molecule has 1 aliphatic rings. The summed E-state index contributed by atoms with van der Waals surface area (Å²) in [5, 5.41) is 11.3. The van der Waals surface area contributed by atoms with E-state index in [1.54, 1.807) is 37.4 Å². The summed E-state index contributed by atoms with van der Waals surface area (Å²) in [5.74, 6) is -0.482. The van der Waals surface area contributed by atoms with Crippen LogP contribution >= 0.6 is 0 Å². The van der Waals surface area contributed by atoms with Crippen LogP contribution in [0.4, 0.5) is 5.69 Å². The number of amides is 1. The Morgan fingerprint density at radius 1 is 1.09 bits per heavy atom. The van der Waals surface area contributed by atoms with Crippen LogP contribution in [0, 0.1) is 13.8 Å². The summed E-state index contributed by atoms with van der Waals surface area (Å²) in [6.45, 7) is 7.89. The van der Waals surface area contributed by atoms with Gasteiger partial charge in [-0.3, -0.25) is 14.5 Å². The Hall–Kier alpha value is -3.80. The largest absolute Gasteiger partial charge is 0.507 e. The highest BCUT2D eigenvalue weighted by Crippen LogP contribution is 2.43. The maximum atomic E-state index is 13.3. The first kappa shape index (κ1) is 22.4. The van der Waals surface area contributed by atoms with Crippen LogP contribution in [0.25, 0.3) is 5.76 Å². The zero-order valence-corrected chi connectivity index (χ0v) is 19.4. The minimum atomic E-state index is -0.883. The predicted octanol–water partition coefficient (Wildman–Crippen LogP) is 5.65. The van der Waals surface area contributed by atoms with Crippen molar-refractivity contribution in [2.24, 2.45) is 0 Å². The molecule has 170 valence electrons. The van der Waals surface area contributed by atoms with Gasteiger partial charge in [0.05, 0.1) is 18.9 Å². The summed E-state index contributed by atoms with van der Waals surface area (Å²) in [7, 11) is 1.59. The van der Waals surface area contributed by atoms with E-state index in [0.29, 0.717) is 22.8 Å². The maximum absolute atomic E-state index is 13.3. The van der Waals surface area contributed by atoms with E-state index in [-0.39, 0.29) is 17.3 Å². The number of benzene rings is 2. The lowest BCUT2D eigenvalue weighted by atomic mass is 9.95. The molecule has 6 heteroatoms. The Labute approximate surface area is 193 Å². The molecule has 2 aromatic carbocycles. The van der Waals surface area contributed by atoms with E-state index in [4.69, 9.17) is 9.15 Å². The van der Waals surface area contributed by atoms with Crippen LogP contribution in [-0.4, -0.2) is 23.9 Å². The third-order valence-electron chi connectivity index (χ3n) is 5.99. The van der Waals surface area contributed by atoms with E-state index in [2.05, 4.69) is 0 Å². The van der Waals surface area contributed by atoms with E-state index in [0.717, 1.165) is 16.7 Å². The molecule has 6 nitrogen and oxygen atoms in total. The molecule has 1 atom stereocenters. The Kier molecular flexibility index (Phi) is 5.85. The number of aliphatic hydroxyl groups excluding tert-OH is 1. The molecule has 4 rings (SSSR count). The Morgan fingerprint density at radius 3 is 2.45 bits per heavy atom. The van der Waals surface area contributed by atoms with Crippen LogP contribution in [0.15, 0.2) is 64.8 Å². The van der Waals surface area contributed by atoms with Crippen LogP contribution in [0.1, 0.15) is 53.8 Å². The molecule has 1 aromatic heterocycles. The molecular formula is C27H27NO5. The number of hydrogen-bond donors (Lipinski definition) is 1. The number of rotatable bonds is 5. The molecule has 1 unspecified atom stereocenters. The second kappa shape index (κ2) is 8.62. The highest BCUT2D eigenvalue weighted by molar-refractivity contribution is 6.51. The fourth-order valence-electron chi connectivity index (χ4n) is 4.36. The van der Waals surface area contributed by atoms with Crippen molar-refractivity contribution in [1.29, 1.82) is 0 Å². The van der Waals surface area contributed by atoms with E-state index in [1.807, 2.05) is 45.9 Å². The molecule has 0 spiro atoms. The van der Waals surface area contributed by atoms with Crippen molar-refractivity contribution in [1.82, 2.24) is 0 Å². The number of hydrogen-bond acceptors (Lipinski definition) is 5. The van der Waals surface area contributed by atoms with Crippen LogP contribution in [0.3, 0.4) is 0 Å². The predicted molar refractivity (Wildman–Crippen MR) is 126 cm³/mol. The normalized spacial score (nSPS) is 17.8. The molecule has 1 saturated heterocycles. The van der Waals surface area contributed by atoms with Crippen molar-refractivity contribution in [3.05, 3.63) is 88.4 Å². The number of anilines is 1. The average Bonchev–Trinajstić information content (AvgIpc) is 3.40. The van der Waals surface area contributed by atoms with Gasteiger partial charge in [0.1, 0.15) is 23.3 Å². The summed E-state index contributed by atoms with van der Waals surface area (Å²) < 4.78 is 11.1. The lowest BCUT2D eigenvalue weighted by Crippen LogP contribution is -2.30. The van der Waals surface area contributed by atoms with Gasteiger partial charge in [0.15, 0.2) is 0 Å². The van der Waals surface area contributed by atoms with Crippen LogP contribution < -0.4 is 9.64 Å². The second-order valence-corrected chi connectivity index (χ2v) is 8.59. The van der Waals surface area contributed by atoms with Gasteiger partial charge in [-0.25, -0.2) is 0 Å². The number of carbonyl (C=O) groups excluding carboxylic acids is 2. The average molecular weight is 446 g/mol. The van der Waals surface area contributed by atoms with Gasteiger partial charge in [-0.15, -0.1) is 0 Å². The number of Topliss-reactive ketones (excluding diaryl/α,β-unsaturated/α-hetero) is 1. The highest BCUT2D eigenvalue weighted by atomic mass is 16.5. The molecular weight excluding hydrogens is 418 g/mol. The number of methoxy groups -OCH3 is 1. The standard InChI is InChI=1S/C27H27NO5/c1-15(2)19-14-18(9-11-21(19)32-5)25(29)23-24(22-7-6-12-33-22)28(27(31)26(23)30)20-10-8-16(3)13-17(20)4/h6-15,24,29H,1-5H3/b25-23-. The van der Waals surface area contributed by atoms with Crippen molar-refractivity contribution in [2.45, 2.75) is 39.7 Å². The highest BCUT2D eigenvalue weighted by Gasteiger charge is 2.48. The van der Waals surface area contributed by atoms with E-state index in [1.165, 1.54) is 11.2 Å². The maximum Gasteiger partial charge on any atom is 0.300 e. The molecule has 1 amide bonds. The monoisotopic (exact) mass is 445 g/mol. The third kappa shape index (κ3) is 3.82. The fraction of sp³-hybridized carbons (Fsp3) is 0.259. The summed E-state index contributed by atoms with van der Waals surface area (Å²) in [6, 6.07) is 13.4. The first-order valence-corrected chi connectivity index (χ1v) is 10.8. The minimum absolute atomic E-state index is 0.00482. The first-order valence-electron chi connectivity index (χ1n) is 10.8. The van der Waals surface area contributed by atoms with Gasteiger partial charge in [0, 0.05) is 11.3 Å². The number of ketones is 1. The summed E-state index contributed by atoms with van der Waals surface area (Å²) >= 11 is 0. The Bertz CT molecular complexity index is 1250. The molecule has 1 aliphatic heterocycles. The smallest absolute Gasteiger partial charge is 0.300 e. The molecule has 1 fully saturated rings.